The number of hydrogen-bond acceptors (Lipinski definition) is 7. The Balaban J connectivity index is 1.80. The van der Waals surface area contributed by atoms with Crippen molar-refractivity contribution in [1.29, 1.82) is 0 Å². The number of amides is 1. The van der Waals surface area contributed by atoms with E-state index in [-0.39, 0.29) is 27.7 Å². The molecule has 3 rings (SSSR count). The molecule has 0 unspecified atom stereocenters. The normalized spacial score (nSPS) is 10.9. The number of hydrogen-bond donors (Lipinski definition) is 1. The lowest BCUT2D eigenvalue weighted by Gasteiger charge is -2.12. The highest BCUT2D eigenvalue weighted by Crippen LogP contribution is 2.27. The largest absolute Gasteiger partial charge is 0.451 e. The topological polar surface area (TPSA) is 133 Å². The minimum absolute atomic E-state index is 0.101. The third-order valence-corrected chi connectivity index (χ3v) is 4.98. The van der Waals surface area contributed by atoms with Gasteiger partial charge in [0.2, 0.25) is 0 Å². The van der Waals surface area contributed by atoms with Crippen molar-refractivity contribution in [3.63, 3.8) is 0 Å². The molecule has 11 heteroatoms. The molecule has 0 radical (unpaired) electrons. The Morgan fingerprint density at radius 2 is 1.91 bits per heavy atom. The summed E-state index contributed by atoms with van der Waals surface area (Å²) < 4.78 is 6.31. The number of rotatable bonds is 8. The molecule has 1 heterocycles. The molecule has 1 N–H and O–H groups in total. The van der Waals surface area contributed by atoms with Gasteiger partial charge in [0.15, 0.2) is 12.3 Å². The maximum Gasteiger partial charge on any atom is 0.359 e. The fraction of sp³-hybridized carbons (Fsp3) is 0.273. The van der Waals surface area contributed by atoms with E-state index in [0.29, 0.717) is 29.7 Å². The van der Waals surface area contributed by atoms with Gasteiger partial charge in [0.1, 0.15) is 5.69 Å². The van der Waals surface area contributed by atoms with Crippen molar-refractivity contribution >= 4 is 45.6 Å². The summed E-state index contributed by atoms with van der Waals surface area (Å²) in [6.45, 7) is 3.61. The van der Waals surface area contributed by atoms with Gasteiger partial charge in [0.05, 0.1) is 10.3 Å². The van der Waals surface area contributed by atoms with Crippen LogP contribution in [-0.4, -0.2) is 33.2 Å². The predicted molar refractivity (Wildman–Crippen MR) is 122 cm³/mol. The number of aryl methyl sites for hydroxylation is 1. The number of aromatic nitrogens is 2. The van der Waals surface area contributed by atoms with Gasteiger partial charge >= 0.3 is 5.97 Å². The van der Waals surface area contributed by atoms with Crippen molar-refractivity contribution in [3.8, 4) is 0 Å². The van der Waals surface area contributed by atoms with Crippen LogP contribution < -0.4 is 10.9 Å². The van der Waals surface area contributed by atoms with Crippen LogP contribution in [0.3, 0.4) is 0 Å². The van der Waals surface area contributed by atoms with E-state index in [2.05, 4.69) is 10.4 Å². The Labute approximate surface area is 193 Å². The smallest absolute Gasteiger partial charge is 0.359 e. The zero-order valence-corrected chi connectivity index (χ0v) is 18.7. The summed E-state index contributed by atoms with van der Waals surface area (Å²) in [6, 6.07) is 10.2. The summed E-state index contributed by atoms with van der Waals surface area (Å²) in [5, 5.41) is 18.4. The lowest BCUT2D eigenvalue weighted by molar-refractivity contribution is -0.383. The molecule has 0 atom stereocenters. The number of nitrogens with zero attached hydrogens (tertiary/aromatic N) is 3. The monoisotopic (exact) mass is 472 g/mol. The van der Waals surface area contributed by atoms with Crippen molar-refractivity contribution < 1.29 is 19.2 Å². The van der Waals surface area contributed by atoms with Gasteiger partial charge in [0.25, 0.3) is 17.2 Å². The molecule has 33 heavy (non-hydrogen) atoms. The standard InChI is InChI=1S/C22H21ClN4O6/c1-13(2)9-10-26-21(29)16-6-4-3-5-15(16)20(25-26)22(30)33-12-19(28)24-17-11-14(23)7-8-18(17)27(31)32/h3-8,11,13H,9-10,12H2,1-2H3,(H,24,28). The summed E-state index contributed by atoms with van der Waals surface area (Å²) in [5.41, 5.74) is -0.910. The molecule has 1 amide bonds. The third kappa shape index (κ3) is 5.72. The molecule has 172 valence electrons. The van der Waals surface area contributed by atoms with Crippen LogP contribution in [0.2, 0.25) is 5.02 Å². The van der Waals surface area contributed by atoms with Crippen LogP contribution in [-0.2, 0) is 16.1 Å². The number of carbonyl (C=O) groups excluding carboxylic acids is 2. The molecule has 0 fully saturated rings. The first-order chi connectivity index (χ1) is 15.7. The molecular weight excluding hydrogens is 452 g/mol. The van der Waals surface area contributed by atoms with E-state index in [9.17, 15) is 24.5 Å². The molecule has 0 aliphatic carbocycles. The number of esters is 1. The van der Waals surface area contributed by atoms with Crippen molar-refractivity contribution in [2.75, 3.05) is 11.9 Å². The second-order valence-corrected chi connectivity index (χ2v) is 8.08. The molecule has 0 spiro atoms. The number of anilines is 1. The summed E-state index contributed by atoms with van der Waals surface area (Å²) in [4.78, 5) is 48.2. The quantitative estimate of drug-likeness (QED) is 0.299. The first kappa shape index (κ1) is 23.9. The van der Waals surface area contributed by atoms with Crippen LogP contribution >= 0.6 is 11.6 Å². The van der Waals surface area contributed by atoms with E-state index in [1.165, 1.54) is 16.8 Å². The van der Waals surface area contributed by atoms with E-state index in [4.69, 9.17) is 16.3 Å². The summed E-state index contributed by atoms with van der Waals surface area (Å²) >= 11 is 5.85. The number of ether oxygens (including phenoxy) is 1. The number of carbonyl (C=O) groups is 2. The predicted octanol–water partition coefficient (Wildman–Crippen LogP) is 3.80. The van der Waals surface area contributed by atoms with Crippen LogP contribution in [0.5, 0.6) is 0 Å². The number of halogens is 1. The van der Waals surface area contributed by atoms with Crippen LogP contribution in [0.1, 0.15) is 30.8 Å². The van der Waals surface area contributed by atoms with E-state index in [1.807, 2.05) is 13.8 Å². The van der Waals surface area contributed by atoms with Crippen LogP contribution in [0, 0.1) is 16.0 Å². The molecule has 0 bridgehead atoms. The summed E-state index contributed by atoms with van der Waals surface area (Å²) in [5.74, 6) is -1.38. The second-order valence-electron chi connectivity index (χ2n) is 7.65. The fourth-order valence-corrected chi connectivity index (χ4v) is 3.24. The maximum atomic E-state index is 12.7. The van der Waals surface area contributed by atoms with Crippen LogP contribution in [0.15, 0.2) is 47.3 Å². The molecule has 3 aromatic rings. The SMILES string of the molecule is CC(C)CCn1nc(C(=O)OCC(=O)Nc2cc(Cl)ccc2[N+](=O)[O-])c2ccccc2c1=O. The van der Waals surface area contributed by atoms with E-state index >= 15 is 0 Å². The number of nitro groups is 1. The second kappa shape index (κ2) is 10.2. The third-order valence-electron chi connectivity index (χ3n) is 4.74. The van der Waals surface area contributed by atoms with E-state index in [0.717, 1.165) is 6.07 Å². The minimum atomic E-state index is -0.903. The van der Waals surface area contributed by atoms with Gasteiger partial charge in [0, 0.05) is 23.0 Å². The molecule has 2 aromatic carbocycles. The van der Waals surface area contributed by atoms with Crippen molar-refractivity contribution in [1.82, 2.24) is 9.78 Å². The van der Waals surface area contributed by atoms with Crippen LogP contribution in [0.25, 0.3) is 10.8 Å². The van der Waals surface area contributed by atoms with Crippen molar-refractivity contribution in [3.05, 3.63) is 73.6 Å². The van der Waals surface area contributed by atoms with Crippen LogP contribution in [0.4, 0.5) is 11.4 Å². The molecule has 0 saturated carbocycles. The van der Waals surface area contributed by atoms with Gasteiger partial charge in [-0.15, -0.1) is 0 Å². The Hall–Kier alpha value is -3.79. The van der Waals surface area contributed by atoms with E-state index < -0.39 is 23.4 Å². The fourth-order valence-electron chi connectivity index (χ4n) is 3.07. The Morgan fingerprint density at radius 1 is 1.21 bits per heavy atom. The molecule has 1 aromatic heterocycles. The Morgan fingerprint density at radius 3 is 2.58 bits per heavy atom. The average molecular weight is 473 g/mol. The van der Waals surface area contributed by atoms with Gasteiger partial charge in [-0.05, 0) is 30.5 Å². The van der Waals surface area contributed by atoms with Crippen molar-refractivity contribution in [2.24, 2.45) is 5.92 Å². The first-order valence-corrected chi connectivity index (χ1v) is 10.5. The summed E-state index contributed by atoms with van der Waals surface area (Å²) in [7, 11) is 0. The van der Waals surface area contributed by atoms with Gasteiger partial charge in [-0.3, -0.25) is 19.7 Å². The lowest BCUT2D eigenvalue weighted by Crippen LogP contribution is -2.28. The van der Waals surface area contributed by atoms with Gasteiger partial charge in [-0.1, -0.05) is 43.6 Å². The highest BCUT2D eigenvalue weighted by Gasteiger charge is 2.21. The number of fused-ring (bicyclic) bond motifs is 1. The zero-order chi connectivity index (χ0) is 24.1. The highest BCUT2D eigenvalue weighted by atomic mass is 35.5. The summed E-state index contributed by atoms with van der Waals surface area (Å²) in [6.07, 6.45) is 0.681. The number of nitrogens with one attached hydrogen (secondary N) is 1. The lowest BCUT2D eigenvalue weighted by atomic mass is 10.1. The van der Waals surface area contributed by atoms with Gasteiger partial charge in [-0.25, -0.2) is 9.48 Å². The Kier molecular flexibility index (Phi) is 7.39. The molecule has 0 aliphatic rings. The van der Waals surface area contributed by atoms with E-state index in [1.54, 1.807) is 24.3 Å². The van der Waals surface area contributed by atoms with Gasteiger partial charge in [-0.2, -0.15) is 5.10 Å². The molecule has 0 aliphatic heterocycles. The molecule has 10 nitrogen and oxygen atoms in total. The maximum absolute atomic E-state index is 12.7. The van der Waals surface area contributed by atoms with Gasteiger partial charge < -0.3 is 10.1 Å². The number of nitro benzene ring substituents is 1. The first-order valence-electron chi connectivity index (χ1n) is 10.1. The molecular formula is C22H21ClN4O6. The average Bonchev–Trinajstić information content (AvgIpc) is 2.77. The Bertz CT molecular complexity index is 1290. The number of benzene rings is 2. The minimum Gasteiger partial charge on any atom is -0.451 e. The zero-order valence-electron chi connectivity index (χ0n) is 17.9. The highest BCUT2D eigenvalue weighted by molar-refractivity contribution is 6.31. The van der Waals surface area contributed by atoms with Crippen molar-refractivity contribution in [2.45, 2.75) is 26.8 Å². The molecule has 0 saturated heterocycles.